The Morgan fingerprint density at radius 3 is 2.61 bits per heavy atom. The minimum Gasteiger partial charge on any atom is -0.486 e. The van der Waals surface area contributed by atoms with Crippen LogP contribution in [-0.4, -0.2) is 36.6 Å². The van der Waals surface area contributed by atoms with Crippen molar-refractivity contribution in [2.24, 2.45) is 0 Å². The normalized spacial score (nSPS) is 16.0. The second-order valence-electron chi connectivity index (χ2n) is 5.32. The van der Waals surface area contributed by atoms with E-state index in [1.807, 2.05) is 43.3 Å². The van der Waals surface area contributed by atoms with Crippen LogP contribution in [0.4, 0.5) is 0 Å². The fraction of sp³-hybridized carbons (Fsp3) is 0.278. The molecule has 1 heterocycles. The Morgan fingerprint density at radius 1 is 1.17 bits per heavy atom. The van der Waals surface area contributed by atoms with Gasteiger partial charge < -0.3 is 14.4 Å². The lowest BCUT2D eigenvalue weighted by Gasteiger charge is -2.31. The van der Waals surface area contributed by atoms with Gasteiger partial charge in [0.2, 0.25) is 0 Å². The molecule has 23 heavy (non-hydrogen) atoms. The Bertz CT molecular complexity index is 704. The zero-order chi connectivity index (χ0) is 16.2. The van der Waals surface area contributed by atoms with Crippen LogP contribution in [0.15, 0.2) is 48.5 Å². The van der Waals surface area contributed by atoms with Crippen molar-refractivity contribution in [1.29, 1.82) is 0 Å². The summed E-state index contributed by atoms with van der Waals surface area (Å²) in [6.45, 7) is 3.39. The summed E-state index contributed by atoms with van der Waals surface area (Å²) >= 11 is 6.13. The van der Waals surface area contributed by atoms with E-state index in [0.29, 0.717) is 36.0 Å². The van der Waals surface area contributed by atoms with E-state index >= 15 is 0 Å². The lowest BCUT2D eigenvalue weighted by atomic mass is 10.2. The van der Waals surface area contributed by atoms with Crippen molar-refractivity contribution in [2.45, 2.75) is 13.0 Å². The van der Waals surface area contributed by atoms with Gasteiger partial charge in [0.05, 0.1) is 17.1 Å². The summed E-state index contributed by atoms with van der Waals surface area (Å²) in [5, 5.41) is 0.460. The first-order valence-electron chi connectivity index (χ1n) is 7.61. The predicted octanol–water partition coefficient (Wildman–Crippen LogP) is 3.64. The van der Waals surface area contributed by atoms with E-state index in [0.717, 1.165) is 5.75 Å². The molecule has 0 unspecified atom stereocenters. The number of likely N-dealkylation sites (N-methyl/N-ethyl adjacent to an activating group) is 1. The second-order valence-corrected chi connectivity index (χ2v) is 5.73. The number of amides is 1. The van der Waals surface area contributed by atoms with E-state index in [1.165, 1.54) is 0 Å². The molecule has 1 aliphatic rings. The van der Waals surface area contributed by atoms with Crippen molar-refractivity contribution in [3.63, 3.8) is 0 Å². The van der Waals surface area contributed by atoms with Gasteiger partial charge in [-0.3, -0.25) is 4.79 Å². The molecule has 4 nitrogen and oxygen atoms in total. The average molecular weight is 332 g/mol. The van der Waals surface area contributed by atoms with Gasteiger partial charge in [0, 0.05) is 6.54 Å². The van der Waals surface area contributed by atoms with Crippen LogP contribution in [0.1, 0.15) is 17.3 Å². The maximum Gasteiger partial charge on any atom is 0.255 e. The third kappa shape index (κ3) is 3.42. The Balaban J connectivity index is 1.71. The van der Waals surface area contributed by atoms with Gasteiger partial charge in [-0.15, -0.1) is 0 Å². The summed E-state index contributed by atoms with van der Waals surface area (Å²) in [5.74, 6) is 1.36. The number of hydrogen-bond acceptors (Lipinski definition) is 3. The molecule has 1 amide bonds. The largest absolute Gasteiger partial charge is 0.486 e. The predicted molar refractivity (Wildman–Crippen MR) is 89.4 cm³/mol. The van der Waals surface area contributed by atoms with Crippen LogP contribution in [0.3, 0.4) is 0 Å². The number of para-hydroxylation sites is 2. The minimum absolute atomic E-state index is 0.0967. The van der Waals surface area contributed by atoms with Crippen LogP contribution in [0.5, 0.6) is 11.5 Å². The monoisotopic (exact) mass is 331 g/mol. The first-order chi connectivity index (χ1) is 11.2. The van der Waals surface area contributed by atoms with Crippen molar-refractivity contribution in [3.8, 4) is 11.5 Å². The number of fused-ring (bicyclic) bond motifs is 1. The van der Waals surface area contributed by atoms with Crippen LogP contribution in [-0.2, 0) is 0 Å². The molecule has 0 spiro atoms. The first-order valence-corrected chi connectivity index (χ1v) is 7.99. The fourth-order valence-electron chi connectivity index (χ4n) is 2.56. The molecular weight excluding hydrogens is 314 g/mol. The van der Waals surface area contributed by atoms with E-state index in [-0.39, 0.29) is 12.0 Å². The number of nitrogens with zero attached hydrogens (tertiary/aromatic N) is 1. The fourth-order valence-corrected chi connectivity index (χ4v) is 2.78. The van der Waals surface area contributed by atoms with E-state index in [9.17, 15) is 4.79 Å². The summed E-state index contributed by atoms with van der Waals surface area (Å²) < 4.78 is 11.6. The Kier molecular flexibility index (Phi) is 4.72. The molecule has 0 radical (unpaired) electrons. The quantitative estimate of drug-likeness (QED) is 0.858. The Morgan fingerprint density at radius 2 is 1.87 bits per heavy atom. The van der Waals surface area contributed by atoms with E-state index in [1.54, 1.807) is 17.0 Å². The number of hydrogen-bond donors (Lipinski definition) is 0. The number of rotatable bonds is 4. The summed E-state index contributed by atoms with van der Waals surface area (Å²) in [5.41, 5.74) is 0.508. The number of ether oxygens (including phenoxy) is 2. The summed E-state index contributed by atoms with van der Waals surface area (Å²) in [6, 6.07) is 14.6. The molecule has 120 valence electrons. The SMILES string of the molecule is CCN(C[C@@H]1COc2ccccc2O1)C(=O)c1ccccc1Cl. The van der Waals surface area contributed by atoms with E-state index in [2.05, 4.69) is 0 Å². The highest BCUT2D eigenvalue weighted by Gasteiger charge is 2.25. The molecule has 5 heteroatoms. The summed E-state index contributed by atoms with van der Waals surface area (Å²) in [6.07, 6.45) is -0.198. The number of benzene rings is 2. The van der Waals surface area contributed by atoms with Gasteiger partial charge in [0.25, 0.3) is 5.91 Å². The number of carbonyl (C=O) groups excluding carboxylic acids is 1. The van der Waals surface area contributed by atoms with Gasteiger partial charge >= 0.3 is 0 Å². The molecule has 0 fully saturated rings. The third-order valence-electron chi connectivity index (χ3n) is 3.76. The summed E-state index contributed by atoms with van der Waals surface area (Å²) in [7, 11) is 0. The molecule has 1 aliphatic heterocycles. The topological polar surface area (TPSA) is 38.8 Å². The van der Waals surface area contributed by atoms with Gasteiger partial charge in [-0.2, -0.15) is 0 Å². The minimum atomic E-state index is -0.198. The molecule has 0 saturated carbocycles. The van der Waals surface area contributed by atoms with Crippen molar-refractivity contribution in [1.82, 2.24) is 4.90 Å². The Labute approximate surface area is 140 Å². The van der Waals surface area contributed by atoms with Gasteiger partial charge in [0.15, 0.2) is 17.6 Å². The van der Waals surface area contributed by atoms with Gasteiger partial charge in [0.1, 0.15) is 6.61 Å². The average Bonchev–Trinajstić information content (AvgIpc) is 2.59. The van der Waals surface area contributed by atoms with Gasteiger partial charge in [-0.05, 0) is 31.2 Å². The molecule has 0 saturated heterocycles. The van der Waals surface area contributed by atoms with Gasteiger partial charge in [-0.25, -0.2) is 0 Å². The molecule has 0 aliphatic carbocycles. The molecule has 0 bridgehead atoms. The highest BCUT2D eigenvalue weighted by Crippen LogP contribution is 2.31. The zero-order valence-electron chi connectivity index (χ0n) is 12.9. The van der Waals surface area contributed by atoms with Gasteiger partial charge in [-0.1, -0.05) is 35.9 Å². The number of halogens is 1. The van der Waals surface area contributed by atoms with Crippen LogP contribution >= 0.6 is 11.6 Å². The molecule has 2 aromatic carbocycles. The van der Waals surface area contributed by atoms with Crippen molar-refractivity contribution < 1.29 is 14.3 Å². The molecule has 0 N–H and O–H groups in total. The van der Waals surface area contributed by atoms with Crippen LogP contribution in [0.2, 0.25) is 5.02 Å². The highest BCUT2D eigenvalue weighted by molar-refractivity contribution is 6.33. The second kappa shape index (κ2) is 6.92. The molecule has 2 aromatic rings. The number of carbonyl (C=O) groups is 1. The van der Waals surface area contributed by atoms with E-state index < -0.39 is 0 Å². The Hall–Kier alpha value is -2.20. The standard InChI is InChI=1S/C18H18ClNO3/c1-2-20(18(21)14-7-3-4-8-15(14)19)11-13-12-22-16-9-5-6-10-17(16)23-13/h3-10,13H,2,11-12H2,1H3/t13-/m1/s1. The van der Waals surface area contributed by atoms with Crippen molar-refractivity contribution in [2.75, 3.05) is 19.7 Å². The first kappa shape index (κ1) is 15.7. The van der Waals surface area contributed by atoms with Crippen molar-refractivity contribution in [3.05, 3.63) is 59.1 Å². The molecule has 1 atom stereocenters. The van der Waals surface area contributed by atoms with Crippen LogP contribution < -0.4 is 9.47 Å². The molecule has 3 rings (SSSR count). The highest BCUT2D eigenvalue weighted by atomic mass is 35.5. The molecule has 0 aromatic heterocycles. The van der Waals surface area contributed by atoms with E-state index in [4.69, 9.17) is 21.1 Å². The molecular formula is C18H18ClNO3. The van der Waals surface area contributed by atoms with Crippen LogP contribution in [0, 0.1) is 0 Å². The maximum absolute atomic E-state index is 12.7. The smallest absolute Gasteiger partial charge is 0.255 e. The third-order valence-corrected chi connectivity index (χ3v) is 4.09. The maximum atomic E-state index is 12.7. The lowest BCUT2D eigenvalue weighted by molar-refractivity contribution is 0.0475. The lowest BCUT2D eigenvalue weighted by Crippen LogP contribution is -2.43. The summed E-state index contributed by atoms with van der Waals surface area (Å²) in [4.78, 5) is 14.4. The van der Waals surface area contributed by atoms with Crippen molar-refractivity contribution >= 4 is 17.5 Å². The van der Waals surface area contributed by atoms with Crippen LogP contribution in [0.25, 0.3) is 0 Å². The zero-order valence-corrected chi connectivity index (χ0v) is 13.6.